The quantitative estimate of drug-likeness (QED) is 0.808. The highest BCUT2D eigenvalue weighted by Gasteiger charge is 2.02. The second-order valence-corrected chi connectivity index (χ2v) is 4.16. The number of aliphatic hydroxyl groups excluding tert-OH is 1. The lowest BCUT2D eigenvalue weighted by molar-refractivity contribution is 0.305. The molecule has 0 aliphatic rings. The standard InChI is InChI=1S/C14H15N3O2/c1-16-11-15-17(14(16)19)10-13-7-4-6-12(9-13)5-2-3-8-18/h4,6-7,9,11,18H,3,8,10H2,1H3. The molecule has 19 heavy (non-hydrogen) atoms. The summed E-state index contributed by atoms with van der Waals surface area (Å²) in [6.07, 6.45) is 1.96. The Morgan fingerprint density at radius 3 is 2.95 bits per heavy atom. The molecule has 0 saturated heterocycles. The first kappa shape index (κ1) is 13.1. The van der Waals surface area contributed by atoms with Crippen LogP contribution < -0.4 is 5.69 Å². The highest BCUT2D eigenvalue weighted by Crippen LogP contribution is 2.05. The largest absolute Gasteiger partial charge is 0.395 e. The lowest BCUT2D eigenvalue weighted by Gasteiger charge is -2.01. The molecule has 1 aromatic carbocycles. The third-order valence-electron chi connectivity index (χ3n) is 2.62. The third kappa shape index (κ3) is 3.33. The molecule has 5 nitrogen and oxygen atoms in total. The molecule has 5 heteroatoms. The van der Waals surface area contributed by atoms with Crippen molar-refractivity contribution in [1.29, 1.82) is 0 Å². The first-order valence-electron chi connectivity index (χ1n) is 5.98. The lowest BCUT2D eigenvalue weighted by atomic mass is 10.1. The van der Waals surface area contributed by atoms with Gasteiger partial charge in [0.1, 0.15) is 6.33 Å². The summed E-state index contributed by atoms with van der Waals surface area (Å²) >= 11 is 0. The third-order valence-corrected chi connectivity index (χ3v) is 2.62. The number of aliphatic hydroxyl groups is 1. The molecule has 1 N–H and O–H groups in total. The predicted octanol–water partition coefficient (Wildman–Crippen LogP) is 0.364. The van der Waals surface area contributed by atoms with Crippen LogP contribution in [-0.2, 0) is 13.6 Å². The molecule has 1 aromatic heterocycles. The summed E-state index contributed by atoms with van der Waals surface area (Å²) in [7, 11) is 1.67. The van der Waals surface area contributed by atoms with Crippen molar-refractivity contribution in [2.45, 2.75) is 13.0 Å². The smallest absolute Gasteiger partial charge is 0.345 e. The number of aromatic nitrogens is 3. The number of nitrogens with zero attached hydrogens (tertiary/aromatic N) is 3. The van der Waals surface area contributed by atoms with Gasteiger partial charge in [-0.1, -0.05) is 24.0 Å². The Kier molecular flexibility index (Phi) is 4.16. The Hall–Kier alpha value is -2.32. The number of hydrogen-bond donors (Lipinski definition) is 1. The molecule has 0 aliphatic heterocycles. The maximum Gasteiger partial charge on any atom is 0.345 e. The first-order valence-corrected chi connectivity index (χ1v) is 5.98. The molecule has 0 spiro atoms. The van der Waals surface area contributed by atoms with Crippen molar-refractivity contribution in [1.82, 2.24) is 14.3 Å². The molecule has 2 aromatic rings. The summed E-state index contributed by atoms with van der Waals surface area (Å²) in [4.78, 5) is 11.7. The molecule has 0 aliphatic carbocycles. The van der Waals surface area contributed by atoms with Gasteiger partial charge in [-0.15, -0.1) is 0 Å². The maximum atomic E-state index is 11.7. The monoisotopic (exact) mass is 257 g/mol. The van der Waals surface area contributed by atoms with Gasteiger partial charge in [0.05, 0.1) is 13.2 Å². The fraction of sp³-hybridized carbons (Fsp3) is 0.286. The maximum absolute atomic E-state index is 11.7. The zero-order chi connectivity index (χ0) is 13.7. The van der Waals surface area contributed by atoms with Crippen molar-refractivity contribution >= 4 is 0 Å². The number of rotatable bonds is 3. The van der Waals surface area contributed by atoms with Gasteiger partial charge in [-0.25, -0.2) is 9.48 Å². The van der Waals surface area contributed by atoms with Crippen LogP contribution in [0.15, 0.2) is 35.4 Å². The minimum absolute atomic E-state index is 0.0655. The molecule has 2 rings (SSSR count). The summed E-state index contributed by atoms with van der Waals surface area (Å²) < 4.78 is 2.84. The molecule has 0 amide bonds. The highest BCUT2D eigenvalue weighted by molar-refractivity contribution is 5.37. The summed E-state index contributed by atoms with van der Waals surface area (Å²) in [5.41, 5.74) is 1.70. The van der Waals surface area contributed by atoms with E-state index in [2.05, 4.69) is 16.9 Å². The zero-order valence-electron chi connectivity index (χ0n) is 10.7. The van der Waals surface area contributed by atoms with Crippen molar-refractivity contribution in [3.8, 4) is 11.8 Å². The van der Waals surface area contributed by atoms with Crippen molar-refractivity contribution in [2.75, 3.05) is 6.61 Å². The van der Waals surface area contributed by atoms with Crippen molar-refractivity contribution in [3.05, 3.63) is 52.2 Å². The van der Waals surface area contributed by atoms with Crippen molar-refractivity contribution < 1.29 is 5.11 Å². The molecule has 1 heterocycles. The van der Waals surface area contributed by atoms with E-state index in [0.717, 1.165) is 11.1 Å². The predicted molar refractivity (Wildman–Crippen MR) is 71.6 cm³/mol. The lowest BCUT2D eigenvalue weighted by Crippen LogP contribution is -2.23. The minimum Gasteiger partial charge on any atom is -0.395 e. The summed E-state index contributed by atoms with van der Waals surface area (Å²) in [5, 5.41) is 12.7. The van der Waals surface area contributed by atoms with Crippen LogP contribution in [0.2, 0.25) is 0 Å². The van der Waals surface area contributed by atoms with Crippen LogP contribution in [0.25, 0.3) is 0 Å². The fourth-order valence-corrected chi connectivity index (χ4v) is 1.67. The summed E-state index contributed by atoms with van der Waals surface area (Å²) in [6, 6.07) is 7.64. The van der Waals surface area contributed by atoms with Crippen LogP contribution in [0.3, 0.4) is 0 Å². The Bertz CT molecular complexity index is 674. The van der Waals surface area contributed by atoms with Crippen LogP contribution in [0.1, 0.15) is 17.5 Å². The fourth-order valence-electron chi connectivity index (χ4n) is 1.67. The minimum atomic E-state index is -0.142. The van der Waals surface area contributed by atoms with E-state index in [1.807, 2.05) is 24.3 Å². The van der Waals surface area contributed by atoms with Crippen LogP contribution in [0.5, 0.6) is 0 Å². The van der Waals surface area contributed by atoms with Gasteiger partial charge in [-0.3, -0.25) is 4.57 Å². The van der Waals surface area contributed by atoms with E-state index in [1.165, 1.54) is 15.6 Å². The van der Waals surface area contributed by atoms with E-state index < -0.39 is 0 Å². The Labute approximate surface area is 111 Å². The summed E-state index contributed by atoms with van der Waals surface area (Å²) in [5.74, 6) is 5.84. The van der Waals surface area contributed by atoms with Crippen LogP contribution in [-0.4, -0.2) is 26.1 Å². The molecule has 0 saturated carbocycles. The topological polar surface area (TPSA) is 60.1 Å². The van der Waals surface area contributed by atoms with Gasteiger partial charge in [0, 0.05) is 19.0 Å². The SMILES string of the molecule is Cn1cnn(Cc2cccc(C#CCCO)c2)c1=O. The van der Waals surface area contributed by atoms with E-state index >= 15 is 0 Å². The van der Waals surface area contributed by atoms with Crippen LogP contribution in [0, 0.1) is 11.8 Å². The Balaban J connectivity index is 2.18. The van der Waals surface area contributed by atoms with E-state index in [4.69, 9.17) is 5.11 Å². The zero-order valence-corrected chi connectivity index (χ0v) is 10.7. The Morgan fingerprint density at radius 1 is 1.42 bits per heavy atom. The van der Waals surface area contributed by atoms with Crippen LogP contribution >= 0.6 is 0 Å². The van der Waals surface area contributed by atoms with Gasteiger partial charge in [0.25, 0.3) is 0 Å². The average molecular weight is 257 g/mol. The van der Waals surface area contributed by atoms with E-state index in [9.17, 15) is 4.79 Å². The Morgan fingerprint density at radius 2 is 2.26 bits per heavy atom. The van der Waals surface area contributed by atoms with Crippen LogP contribution in [0.4, 0.5) is 0 Å². The molecular weight excluding hydrogens is 242 g/mol. The molecular formula is C14H15N3O2. The molecule has 0 bridgehead atoms. The van der Waals surface area contributed by atoms with Crippen molar-refractivity contribution in [3.63, 3.8) is 0 Å². The van der Waals surface area contributed by atoms with Gasteiger partial charge in [-0.05, 0) is 17.7 Å². The average Bonchev–Trinajstić information content (AvgIpc) is 2.72. The number of hydrogen-bond acceptors (Lipinski definition) is 3. The van der Waals surface area contributed by atoms with Gasteiger partial charge in [0.15, 0.2) is 0 Å². The normalized spacial score (nSPS) is 10.0. The molecule has 0 fully saturated rings. The van der Waals surface area contributed by atoms with Gasteiger partial charge >= 0.3 is 5.69 Å². The first-order chi connectivity index (χ1) is 9.20. The molecule has 0 unspecified atom stereocenters. The number of benzene rings is 1. The molecule has 98 valence electrons. The highest BCUT2D eigenvalue weighted by atomic mass is 16.2. The number of aryl methyl sites for hydroxylation is 1. The van der Waals surface area contributed by atoms with E-state index in [1.54, 1.807) is 7.05 Å². The van der Waals surface area contributed by atoms with E-state index in [-0.39, 0.29) is 12.3 Å². The van der Waals surface area contributed by atoms with Gasteiger partial charge < -0.3 is 5.11 Å². The summed E-state index contributed by atoms with van der Waals surface area (Å²) in [6.45, 7) is 0.491. The molecule has 0 atom stereocenters. The second kappa shape index (κ2) is 6.03. The van der Waals surface area contributed by atoms with Gasteiger partial charge in [0.2, 0.25) is 0 Å². The van der Waals surface area contributed by atoms with Gasteiger partial charge in [-0.2, -0.15) is 5.10 Å². The second-order valence-electron chi connectivity index (χ2n) is 4.16. The van der Waals surface area contributed by atoms with E-state index in [0.29, 0.717) is 13.0 Å². The molecule has 0 radical (unpaired) electrons. The van der Waals surface area contributed by atoms with Crippen molar-refractivity contribution in [2.24, 2.45) is 7.05 Å².